The molecular formula is C23H26FN3O3. The lowest BCUT2D eigenvalue weighted by Crippen LogP contribution is -2.57. The number of ether oxygens (including phenoxy) is 3. The average Bonchev–Trinajstić information content (AvgIpc) is 3.21. The molecule has 7 heteroatoms. The third-order valence-electron chi connectivity index (χ3n) is 6.64. The first-order valence-electron chi connectivity index (χ1n) is 10.2. The Morgan fingerprint density at radius 3 is 2.67 bits per heavy atom. The van der Waals surface area contributed by atoms with Gasteiger partial charge in [0.1, 0.15) is 18.1 Å². The fraction of sp³-hybridized carbons (Fsp3) is 0.435. The van der Waals surface area contributed by atoms with E-state index in [1.165, 1.54) is 6.40 Å². The Kier molecular flexibility index (Phi) is 4.22. The van der Waals surface area contributed by atoms with E-state index in [0.29, 0.717) is 23.7 Å². The molecule has 0 N–H and O–H groups in total. The van der Waals surface area contributed by atoms with E-state index in [9.17, 15) is 0 Å². The SMILES string of the molecule is COc1ccc2c(c1)[C@@]1(COC=N1)c1cc(N3CCN(C)C(C)(C)C3)cc(F)c1O2. The first-order valence-corrected chi connectivity index (χ1v) is 10.2. The third kappa shape index (κ3) is 2.75. The largest absolute Gasteiger partial charge is 0.497 e. The number of benzene rings is 2. The molecule has 1 atom stereocenters. The number of rotatable bonds is 2. The van der Waals surface area contributed by atoms with Gasteiger partial charge in [0.2, 0.25) is 0 Å². The number of hydrogen-bond acceptors (Lipinski definition) is 6. The Morgan fingerprint density at radius 1 is 1.13 bits per heavy atom. The molecule has 2 aromatic rings. The maximum atomic E-state index is 15.4. The van der Waals surface area contributed by atoms with Crippen molar-refractivity contribution in [3.63, 3.8) is 0 Å². The summed E-state index contributed by atoms with van der Waals surface area (Å²) in [7, 11) is 3.75. The minimum Gasteiger partial charge on any atom is -0.497 e. The second kappa shape index (κ2) is 6.60. The van der Waals surface area contributed by atoms with E-state index >= 15 is 4.39 Å². The minimum atomic E-state index is -0.851. The van der Waals surface area contributed by atoms with Crippen LogP contribution in [0, 0.1) is 5.82 Å². The number of likely N-dealkylation sites (N-methyl/N-ethyl adjacent to an activating group) is 1. The maximum Gasteiger partial charge on any atom is 0.170 e. The van der Waals surface area contributed by atoms with Crippen LogP contribution >= 0.6 is 0 Å². The van der Waals surface area contributed by atoms with Gasteiger partial charge in [-0.05, 0) is 45.2 Å². The lowest BCUT2D eigenvalue weighted by molar-refractivity contribution is 0.139. The smallest absolute Gasteiger partial charge is 0.170 e. The molecule has 30 heavy (non-hydrogen) atoms. The fourth-order valence-corrected chi connectivity index (χ4v) is 4.55. The van der Waals surface area contributed by atoms with Gasteiger partial charge in [0.15, 0.2) is 23.5 Å². The fourth-order valence-electron chi connectivity index (χ4n) is 4.55. The minimum absolute atomic E-state index is 0.00654. The average molecular weight is 411 g/mol. The van der Waals surface area contributed by atoms with Crippen molar-refractivity contribution in [2.75, 3.05) is 45.3 Å². The van der Waals surface area contributed by atoms with E-state index < -0.39 is 5.54 Å². The van der Waals surface area contributed by atoms with Crippen LogP contribution < -0.4 is 14.4 Å². The van der Waals surface area contributed by atoms with Crippen LogP contribution in [0.2, 0.25) is 0 Å². The van der Waals surface area contributed by atoms with E-state index in [4.69, 9.17) is 14.2 Å². The van der Waals surface area contributed by atoms with Crippen molar-refractivity contribution in [1.29, 1.82) is 0 Å². The van der Waals surface area contributed by atoms with E-state index in [-0.39, 0.29) is 17.1 Å². The molecule has 0 amide bonds. The van der Waals surface area contributed by atoms with Crippen LogP contribution in [0.25, 0.3) is 0 Å². The highest BCUT2D eigenvalue weighted by molar-refractivity contribution is 5.68. The molecule has 3 aliphatic rings. The molecule has 0 aromatic heterocycles. The van der Waals surface area contributed by atoms with Gasteiger partial charge in [-0.15, -0.1) is 0 Å². The monoisotopic (exact) mass is 411 g/mol. The van der Waals surface area contributed by atoms with Gasteiger partial charge in [0.05, 0.1) is 7.11 Å². The van der Waals surface area contributed by atoms with E-state index in [1.807, 2.05) is 12.1 Å². The molecule has 5 rings (SSSR count). The Labute approximate surface area is 175 Å². The summed E-state index contributed by atoms with van der Waals surface area (Å²) in [5.74, 6) is 1.09. The maximum absolute atomic E-state index is 15.4. The van der Waals surface area contributed by atoms with Crippen LogP contribution in [0.5, 0.6) is 17.2 Å². The summed E-state index contributed by atoms with van der Waals surface area (Å²) in [4.78, 5) is 9.24. The molecular weight excluding hydrogens is 385 g/mol. The van der Waals surface area contributed by atoms with Crippen LogP contribution in [0.4, 0.5) is 10.1 Å². The standard InChI is InChI=1S/C23H26FN3O3/c1-22(2)12-27(8-7-26(22)3)15-9-18-21(19(24)10-15)30-20-6-5-16(28-4)11-17(20)23(18)13-29-14-25-23/h5-6,9-11,14H,7-8,12-13H2,1-4H3/t23-/m0/s1. The highest BCUT2D eigenvalue weighted by atomic mass is 19.1. The molecule has 1 spiro atoms. The van der Waals surface area contributed by atoms with Crippen LogP contribution in [0.1, 0.15) is 25.0 Å². The Morgan fingerprint density at radius 2 is 1.97 bits per heavy atom. The zero-order chi connectivity index (χ0) is 21.1. The number of aliphatic imine (C=N–C) groups is 1. The number of hydrogen-bond donors (Lipinski definition) is 0. The van der Waals surface area contributed by atoms with Crippen molar-refractivity contribution in [2.24, 2.45) is 4.99 Å². The lowest BCUT2D eigenvalue weighted by Gasteiger charge is -2.46. The number of methoxy groups -OCH3 is 1. The summed E-state index contributed by atoms with van der Waals surface area (Å²) >= 11 is 0. The van der Waals surface area contributed by atoms with E-state index in [2.05, 4.69) is 35.7 Å². The van der Waals surface area contributed by atoms with Crippen LogP contribution in [0.15, 0.2) is 35.3 Å². The van der Waals surface area contributed by atoms with Gasteiger partial charge in [-0.3, -0.25) is 4.90 Å². The topological polar surface area (TPSA) is 46.5 Å². The van der Waals surface area contributed by atoms with Gasteiger partial charge >= 0.3 is 0 Å². The number of nitrogens with zero attached hydrogens (tertiary/aromatic N) is 3. The van der Waals surface area contributed by atoms with Crippen molar-refractivity contribution < 1.29 is 18.6 Å². The third-order valence-corrected chi connectivity index (χ3v) is 6.64. The summed E-state index contributed by atoms with van der Waals surface area (Å²) in [6.45, 7) is 7.25. The molecule has 1 saturated heterocycles. The van der Waals surface area contributed by atoms with Crippen LogP contribution in [-0.2, 0) is 10.3 Å². The number of piperazine rings is 1. The normalized spacial score (nSPS) is 24.2. The quantitative estimate of drug-likeness (QED) is 0.753. The molecule has 0 aliphatic carbocycles. The summed E-state index contributed by atoms with van der Waals surface area (Å²) in [5, 5.41) is 0. The van der Waals surface area contributed by atoms with Gasteiger partial charge in [-0.2, -0.15) is 0 Å². The number of fused-ring (bicyclic) bond motifs is 4. The van der Waals surface area contributed by atoms with Crippen molar-refractivity contribution in [3.05, 3.63) is 47.3 Å². The molecule has 3 aliphatic heterocycles. The lowest BCUT2D eigenvalue weighted by atomic mass is 9.81. The molecule has 1 fully saturated rings. The first-order chi connectivity index (χ1) is 14.3. The molecule has 0 radical (unpaired) electrons. The van der Waals surface area contributed by atoms with Gasteiger partial charge in [0.25, 0.3) is 0 Å². The predicted molar refractivity (Wildman–Crippen MR) is 114 cm³/mol. The summed E-state index contributed by atoms with van der Waals surface area (Å²) in [5.41, 5.74) is 1.48. The Hall–Kier alpha value is -2.80. The summed E-state index contributed by atoms with van der Waals surface area (Å²) in [6, 6.07) is 9.07. The zero-order valence-electron chi connectivity index (χ0n) is 17.7. The van der Waals surface area contributed by atoms with Crippen LogP contribution in [0.3, 0.4) is 0 Å². The van der Waals surface area contributed by atoms with Crippen LogP contribution in [-0.4, -0.2) is 57.2 Å². The van der Waals surface area contributed by atoms with E-state index in [1.54, 1.807) is 25.3 Å². The predicted octanol–water partition coefficient (Wildman–Crippen LogP) is 3.77. The van der Waals surface area contributed by atoms with Gasteiger partial charge in [-0.1, -0.05) is 0 Å². The molecule has 2 aromatic carbocycles. The zero-order valence-corrected chi connectivity index (χ0v) is 17.7. The highest BCUT2D eigenvalue weighted by Gasteiger charge is 2.47. The molecule has 158 valence electrons. The molecule has 0 bridgehead atoms. The van der Waals surface area contributed by atoms with Gasteiger partial charge < -0.3 is 19.1 Å². The number of anilines is 1. The highest BCUT2D eigenvalue weighted by Crippen LogP contribution is 2.53. The summed E-state index contributed by atoms with van der Waals surface area (Å²) < 4.78 is 32.3. The molecule has 0 saturated carbocycles. The molecule has 6 nitrogen and oxygen atoms in total. The number of halogens is 1. The Balaban J connectivity index is 1.64. The van der Waals surface area contributed by atoms with Gasteiger partial charge in [-0.25, -0.2) is 9.38 Å². The van der Waals surface area contributed by atoms with Gasteiger partial charge in [0, 0.05) is 48.1 Å². The second-order valence-corrected chi connectivity index (χ2v) is 8.83. The van der Waals surface area contributed by atoms with Crippen molar-refractivity contribution in [1.82, 2.24) is 4.90 Å². The molecule has 0 unspecified atom stereocenters. The van der Waals surface area contributed by atoms with E-state index in [0.717, 1.165) is 30.9 Å². The summed E-state index contributed by atoms with van der Waals surface area (Å²) in [6.07, 6.45) is 1.45. The van der Waals surface area contributed by atoms with Crippen molar-refractivity contribution in [3.8, 4) is 17.2 Å². The van der Waals surface area contributed by atoms with Crippen molar-refractivity contribution >= 4 is 12.1 Å². The molecule has 3 heterocycles. The first kappa shape index (κ1) is 19.2. The second-order valence-electron chi connectivity index (χ2n) is 8.83. The Bertz CT molecular complexity index is 1040. The van der Waals surface area contributed by atoms with Crippen molar-refractivity contribution in [2.45, 2.75) is 24.9 Å².